The van der Waals surface area contributed by atoms with Crippen LogP contribution in [0.3, 0.4) is 0 Å². The zero-order chi connectivity index (χ0) is 30.7. The summed E-state index contributed by atoms with van der Waals surface area (Å²) in [5, 5.41) is 25.4. The van der Waals surface area contributed by atoms with Crippen molar-refractivity contribution in [2.75, 3.05) is 0 Å². The summed E-state index contributed by atoms with van der Waals surface area (Å²) in [5.41, 5.74) is 6.93. The number of aromatic nitrogens is 1. The van der Waals surface area contributed by atoms with Crippen LogP contribution in [-0.4, -0.2) is 50.3 Å². The van der Waals surface area contributed by atoms with E-state index in [0.29, 0.717) is 11.8 Å². The summed E-state index contributed by atoms with van der Waals surface area (Å²) in [6.07, 6.45) is 8.76. The average Bonchev–Trinajstić information content (AvgIpc) is 3.52. The third kappa shape index (κ3) is 3.49. The lowest BCUT2D eigenvalue weighted by Gasteiger charge is -2.65. The van der Waals surface area contributed by atoms with E-state index in [1.165, 1.54) is 38.9 Å². The van der Waals surface area contributed by atoms with Gasteiger partial charge in [0.25, 0.3) is 0 Å². The highest BCUT2D eigenvalue weighted by molar-refractivity contribution is 5.92. The van der Waals surface area contributed by atoms with Crippen molar-refractivity contribution >= 4 is 16.5 Å². The molecule has 5 heteroatoms. The number of aromatic amines is 1. The van der Waals surface area contributed by atoms with Gasteiger partial charge in [-0.2, -0.15) is 0 Å². The van der Waals surface area contributed by atoms with Crippen molar-refractivity contribution in [2.45, 2.75) is 141 Å². The maximum Gasteiger partial charge on any atom is 0.0992 e. The summed E-state index contributed by atoms with van der Waals surface area (Å²) in [5.74, 6) is 0.850. The fraction of sp³-hybridized carbons (Fsp3) is 0.684. The zero-order valence-electron chi connectivity index (χ0n) is 27.6. The van der Waals surface area contributed by atoms with E-state index < -0.39 is 11.7 Å². The van der Waals surface area contributed by atoms with E-state index in [0.717, 1.165) is 44.1 Å². The fourth-order valence-corrected chi connectivity index (χ4v) is 11.2. The van der Waals surface area contributed by atoms with Gasteiger partial charge in [-0.25, -0.2) is 0 Å². The number of aliphatic hydroxyl groups excluding tert-OH is 1. The first-order chi connectivity index (χ1) is 19.9. The third-order valence-electron chi connectivity index (χ3n) is 13.4. The summed E-state index contributed by atoms with van der Waals surface area (Å²) < 4.78 is 13.1. The fourth-order valence-electron chi connectivity index (χ4n) is 11.2. The lowest BCUT2D eigenvalue weighted by Crippen LogP contribution is -2.68. The van der Waals surface area contributed by atoms with Gasteiger partial charge in [0.1, 0.15) is 0 Å². The molecule has 3 N–H and O–H groups in total. The van der Waals surface area contributed by atoms with Gasteiger partial charge in [-0.3, -0.25) is 0 Å². The van der Waals surface area contributed by atoms with Crippen molar-refractivity contribution in [1.29, 1.82) is 0 Å². The van der Waals surface area contributed by atoms with E-state index in [-0.39, 0.29) is 39.7 Å². The molecular weight excluding hydrogens is 534 g/mol. The minimum absolute atomic E-state index is 0.133. The SMILES string of the molecule is CC1(C)C=C2c3cc4[nH]c5c(c4cc3CC2C(C)(C)O1)CC1CC[C@@]2(O)C3=C[C@@H](O)[C@@H](C(C)(C)C)OC3CC[C@]2(C)[C@@]51C. The van der Waals surface area contributed by atoms with Crippen molar-refractivity contribution in [3.8, 4) is 0 Å². The van der Waals surface area contributed by atoms with Gasteiger partial charge in [-0.15, -0.1) is 0 Å². The van der Waals surface area contributed by atoms with Crippen LogP contribution in [0, 0.1) is 22.7 Å². The first kappa shape index (κ1) is 28.5. The van der Waals surface area contributed by atoms with Crippen LogP contribution < -0.4 is 0 Å². The number of benzene rings is 1. The van der Waals surface area contributed by atoms with Gasteiger partial charge in [-0.05, 0) is 130 Å². The molecule has 0 spiro atoms. The topological polar surface area (TPSA) is 74.7 Å². The molecule has 2 aliphatic heterocycles. The minimum atomic E-state index is -1.01. The lowest BCUT2D eigenvalue weighted by atomic mass is 9.42. The van der Waals surface area contributed by atoms with Gasteiger partial charge in [0.15, 0.2) is 0 Å². The second kappa shape index (κ2) is 8.26. The third-order valence-corrected chi connectivity index (χ3v) is 13.4. The van der Waals surface area contributed by atoms with E-state index >= 15 is 0 Å². The molecule has 8 rings (SSSR count). The van der Waals surface area contributed by atoms with Crippen molar-refractivity contribution in [1.82, 2.24) is 4.98 Å². The Hall–Kier alpha value is -1.92. The number of H-pyrrole nitrogens is 1. The predicted molar refractivity (Wildman–Crippen MR) is 171 cm³/mol. The highest BCUT2D eigenvalue weighted by Crippen LogP contribution is 2.69. The Kier molecular flexibility index (Phi) is 5.48. The number of hydrogen-bond donors (Lipinski definition) is 3. The van der Waals surface area contributed by atoms with Crippen molar-refractivity contribution in [3.05, 3.63) is 52.2 Å². The summed E-state index contributed by atoms with van der Waals surface area (Å²) in [6, 6.07) is 4.90. The highest BCUT2D eigenvalue weighted by Gasteiger charge is 2.70. The van der Waals surface area contributed by atoms with E-state index in [1.807, 2.05) is 6.08 Å². The normalized spacial score (nSPS) is 42.3. The predicted octanol–water partition coefficient (Wildman–Crippen LogP) is 7.17. The van der Waals surface area contributed by atoms with Crippen LogP contribution >= 0.6 is 0 Å². The van der Waals surface area contributed by atoms with Gasteiger partial charge in [0, 0.05) is 33.3 Å². The smallest absolute Gasteiger partial charge is 0.0992 e. The molecule has 0 bridgehead atoms. The standard InChI is InChI=1S/C38H51NO4/c1-33(2,3)32-29(40)18-27-30(42-32)11-12-36(8)37(9)21(10-13-38(27,36)41)16-24-23-14-20-15-26-25(19-34(4,5)43-35(26,6)7)22(20)17-28(23)39-31(24)37/h14,17-19,21,26,29-30,32,39-41H,10-13,15-16H2,1-9H3/t21?,26?,29-,30?,32+,36-,37-,38-/m1/s1. The number of fused-ring (bicyclic) bond motifs is 12. The molecular formula is C38H51NO4. The number of ether oxygens (including phenoxy) is 2. The molecule has 43 heavy (non-hydrogen) atoms. The van der Waals surface area contributed by atoms with Crippen LogP contribution in [0.4, 0.5) is 0 Å². The Balaban J connectivity index is 1.23. The van der Waals surface area contributed by atoms with E-state index in [1.54, 1.807) is 0 Å². The molecule has 2 fully saturated rings. The summed E-state index contributed by atoms with van der Waals surface area (Å²) in [6.45, 7) is 20.0. The summed E-state index contributed by atoms with van der Waals surface area (Å²) in [7, 11) is 0. The molecule has 2 saturated carbocycles. The molecule has 1 aromatic heterocycles. The molecule has 8 atom stereocenters. The molecule has 0 amide bonds. The molecule has 3 heterocycles. The molecule has 1 aromatic carbocycles. The van der Waals surface area contributed by atoms with Gasteiger partial charge in [-0.1, -0.05) is 34.6 Å². The maximum atomic E-state index is 12.8. The first-order valence-corrected chi connectivity index (χ1v) is 16.8. The molecule has 4 aliphatic carbocycles. The molecule has 5 nitrogen and oxygen atoms in total. The molecule has 2 aromatic rings. The number of rotatable bonds is 0. The minimum Gasteiger partial charge on any atom is -0.386 e. The number of nitrogens with one attached hydrogen (secondary N) is 1. The average molecular weight is 586 g/mol. The van der Waals surface area contributed by atoms with E-state index in [9.17, 15) is 10.2 Å². The van der Waals surface area contributed by atoms with Crippen LogP contribution in [0.15, 0.2) is 29.9 Å². The Labute approximate surface area is 257 Å². The second-order valence-electron chi connectivity index (χ2n) is 17.6. The Morgan fingerprint density at radius 2 is 1.72 bits per heavy atom. The van der Waals surface area contributed by atoms with Crippen molar-refractivity contribution in [3.63, 3.8) is 0 Å². The van der Waals surface area contributed by atoms with Crippen LogP contribution in [0.1, 0.15) is 110 Å². The number of aliphatic hydroxyl groups is 2. The second-order valence-corrected chi connectivity index (χ2v) is 17.6. The first-order valence-electron chi connectivity index (χ1n) is 16.8. The maximum absolute atomic E-state index is 12.8. The molecule has 3 unspecified atom stereocenters. The summed E-state index contributed by atoms with van der Waals surface area (Å²) in [4.78, 5) is 4.00. The quantitative estimate of drug-likeness (QED) is 0.287. The van der Waals surface area contributed by atoms with Crippen LogP contribution in [-0.2, 0) is 27.7 Å². The van der Waals surface area contributed by atoms with E-state index in [2.05, 4.69) is 85.5 Å². The molecule has 0 radical (unpaired) electrons. The van der Waals surface area contributed by atoms with Crippen molar-refractivity contribution in [2.24, 2.45) is 22.7 Å². The lowest BCUT2D eigenvalue weighted by molar-refractivity contribution is -0.198. The Bertz CT molecular complexity index is 1620. The van der Waals surface area contributed by atoms with Crippen LogP contribution in [0.5, 0.6) is 0 Å². The Morgan fingerprint density at radius 1 is 0.977 bits per heavy atom. The summed E-state index contributed by atoms with van der Waals surface area (Å²) >= 11 is 0. The molecule has 232 valence electrons. The van der Waals surface area contributed by atoms with Crippen LogP contribution in [0.2, 0.25) is 0 Å². The van der Waals surface area contributed by atoms with Gasteiger partial charge in [0.2, 0.25) is 0 Å². The highest BCUT2D eigenvalue weighted by atomic mass is 16.5. The van der Waals surface area contributed by atoms with Gasteiger partial charge < -0.3 is 24.7 Å². The van der Waals surface area contributed by atoms with Gasteiger partial charge in [0.05, 0.1) is 35.1 Å². The van der Waals surface area contributed by atoms with Crippen LogP contribution in [0.25, 0.3) is 16.5 Å². The monoisotopic (exact) mass is 585 g/mol. The van der Waals surface area contributed by atoms with Gasteiger partial charge >= 0.3 is 0 Å². The number of hydrogen-bond acceptors (Lipinski definition) is 4. The molecule has 0 saturated heterocycles. The van der Waals surface area contributed by atoms with E-state index in [4.69, 9.17) is 9.47 Å². The van der Waals surface area contributed by atoms with Crippen molar-refractivity contribution < 1.29 is 19.7 Å². The largest absolute Gasteiger partial charge is 0.386 e. The zero-order valence-corrected chi connectivity index (χ0v) is 27.6. The Morgan fingerprint density at radius 3 is 2.44 bits per heavy atom. The molecule has 6 aliphatic rings.